The van der Waals surface area contributed by atoms with Crippen molar-refractivity contribution in [1.29, 1.82) is 0 Å². The van der Waals surface area contributed by atoms with E-state index in [4.69, 9.17) is 10.5 Å². The van der Waals surface area contributed by atoms with Gasteiger partial charge < -0.3 is 10.5 Å². The molecule has 6 aromatic rings. The molecule has 16 heteroatoms. The average Bonchev–Trinajstić information content (AvgIpc) is 3.57. The van der Waals surface area contributed by atoms with E-state index in [2.05, 4.69) is 25.0 Å². The zero-order valence-corrected chi connectivity index (χ0v) is 22.1. The normalized spacial score (nSPS) is 12.7. The summed E-state index contributed by atoms with van der Waals surface area (Å²) in [6.07, 6.45) is -1.08. The summed E-state index contributed by atoms with van der Waals surface area (Å²) in [5.74, 6) is -1.24. The van der Waals surface area contributed by atoms with Gasteiger partial charge >= 0.3 is 6.18 Å². The summed E-state index contributed by atoms with van der Waals surface area (Å²) in [4.78, 5) is 30.9. The van der Waals surface area contributed by atoms with Gasteiger partial charge in [0.2, 0.25) is 0 Å². The number of fused-ring (bicyclic) bond motifs is 2. The minimum atomic E-state index is -4.55. The Morgan fingerprint density at radius 3 is 2.67 bits per heavy atom. The lowest BCUT2D eigenvalue weighted by molar-refractivity contribution is -0.153. The monoisotopic (exact) mass is 600 g/mol. The molecule has 0 aliphatic heterocycles. The molecule has 0 spiro atoms. The largest absolute Gasteiger partial charge is 0.460 e. The fourth-order valence-corrected chi connectivity index (χ4v) is 5.24. The smallest absolute Gasteiger partial charge is 0.422 e. The number of alkyl halides is 3. The molecular formula is C26H17F5N8O2S. The molecule has 5 heterocycles. The van der Waals surface area contributed by atoms with Gasteiger partial charge in [0.1, 0.15) is 35.1 Å². The van der Waals surface area contributed by atoms with Crippen LogP contribution in [0.25, 0.3) is 38.4 Å². The van der Waals surface area contributed by atoms with Crippen molar-refractivity contribution >= 4 is 33.8 Å². The van der Waals surface area contributed by atoms with Gasteiger partial charge in [0.25, 0.3) is 10.8 Å². The lowest BCUT2D eigenvalue weighted by atomic mass is 10.0. The second-order valence-electron chi connectivity index (χ2n) is 9.08. The first-order valence-electron chi connectivity index (χ1n) is 12.1. The fourth-order valence-electron chi connectivity index (χ4n) is 4.48. The van der Waals surface area contributed by atoms with Crippen molar-refractivity contribution in [2.45, 2.75) is 19.1 Å². The maximum atomic E-state index is 14.3. The predicted octanol–water partition coefficient (Wildman–Crippen LogP) is 5.04. The number of ether oxygens (including phenoxy) is 1. The van der Waals surface area contributed by atoms with Crippen molar-refractivity contribution in [2.24, 2.45) is 0 Å². The predicted molar refractivity (Wildman–Crippen MR) is 143 cm³/mol. The maximum absolute atomic E-state index is 14.3. The van der Waals surface area contributed by atoms with E-state index in [-0.39, 0.29) is 50.2 Å². The van der Waals surface area contributed by atoms with Crippen molar-refractivity contribution in [1.82, 2.24) is 34.1 Å². The van der Waals surface area contributed by atoms with Crippen LogP contribution in [0.15, 0.2) is 59.9 Å². The molecule has 6 rings (SSSR count). The second kappa shape index (κ2) is 10.1. The molecule has 0 radical (unpaired) electrons. The number of nitrogens with zero attached hydrogens (tertiary/aromatic N) is 7. The van der Waals surface area contributed by atoms with Crippen LogP contribution in [-0.2, 0) is 0 Å². The minimum absolute atomic E-state index is 0.00189. The van der Waals surface area contributed by atoms with Crippen molar-refractivity contribution in [3.63, 3.8) is 0 Å². The molecule has 0 fully saturated rings. The Balaban J connectivity index is 1.54. The van der Waals surface area contributed by atoms with E-state index < -0.39 is 36.0 Å². The summed E-state index contributed by atoms with van der Waals surface area (Å²) in [5, 5.41) is 4.68. The second-order valence-corrected chi connectivity index (χ2v) is 10.1. The zero-order chi connectivity index (χ0) is 29.8. The van der Waals surface area contributed by atoms with Gasteiger partial charge in [-0.3, -0.25) is 9.20 Å². The van der Waals surface area contributed by atoms with E-state index in [0.29, 0.717) is 4.88 Å². The number of nitrogens with two attached hydrogens (primary N) is 1. The lowest BCUT2D eigenvalue weighted by Gasteiger charge is -2.18. The van der Waals surface area contributed by atoms with Crippen LogP contribution in [0.5, 0.6) is 5.19 Å². The summed E-state index contributed by atoms with van der Waals surface area (Å²) in [6.45, 7) is 0.150. The van der Waals surface area contributed by atoms with Gasteiger partial charge in [-0.1, -0.05) is 23.5 Å². The highest BCUT2D eigenvalue weighted by molar-refractivity contribution is 7.16. The third kappa shape index (κ3) is 4.89. The first-order chi connectivity index (χ1) is 20.0. The fraction of sp³-hybridized carbons (Fsp3) is 0.154. The molecular weight excluding hydrogens is 583 g/mol. The summed E-state index contributed by atoms with van der Waals surface area (Å²) in [7, 11) is 0. The van der Waals surface area contributed by atoms with Crippen LogP contribution in [0.4, 0.5) is 27.8 Å². The molecule has 5 aromatic heterocycles. The van der Waals surface area contributed by atoms with Crippen LogP contribution < -0.4 is 16.0 Å². The molecule has 0 unspecified atom stereocenters. The van der Waals surface area contributed by atoms with Gasteiger partial charge in [-0.05, 0) is 36.8 Å². The molecule has 2 N–H and O–H groups in total. The SMILES string of the molecule is C[C@H](c1nc2ccc(F)cn2c(=O)c1-c1cccc(F)c1)n1nc(-c2cnc(OCC(F)(F)F)s2)c2c(N)ncnc21. The number of anilines is 1. The molecule has 0 aliphatic carbocycles. The number of benzene rings is 1. The maximum Gasteiger partial charge on any atom is 0.422 e. The number of rotatable bonds is 6. The van der Waals surface area contributed by atoms with E-state index in [0.717, 1.165) is 34.1 Å². The Morgan fingerprint density at radius 2 is 1.90 bits per heavy atom. The van der Waals surface area contributed by atoms with E-state index in [1.54, 1.807) is 6.92 Å². The van der Waals surface area contributed by atoms with Gasteiger partial charge in [-0.25, -0.2) is 33.4 Å². The van der Waals surface area contributed by atoms with Crippen LogP contribution in [0.3, 0.4) is 0 Å². The minimum Gasteiger partial charge on any atom is -0.460 e. The van der Waals surface area contributed by atoms with Gasteiger partial charge in [0, 0.05) is 6.20 Å². The average molecular weight is 601 g/mol. The number of thiazole rings is 1. The van der Waals surface area contributed by atoms with Crippen molar-refractivity contribution in [2.75, 3.05) is 12.3 Å². The first kappa shape index (κ1) is 27.2. The van der Waals surface area contributed by atoms with Gasteiger partial charge in [0.15, 0.2) is 12.3 Å². The molecule has 0 saturated heterocycles. The van der Waals surface area contributed by atoms with E-state index >= 15 is 0 Å². The van der Waals surface area contributed by atoms with Crippen molar-refractivity contribution in [3.8, 4) is 26.9 Å². The Kier molecular flexibility index (Phi) is 6.56. The molecule has 1 atom stereocenters. The molecule has 0 saturated carbocycles. The molecule has 0 bridgehead atoms. The van der Waals surface area contributed by atoms with Crippen LogP contribution >= 0.6 is 11.3 Å². The molecule has 0 aliphatic rings. The highest BCUT2D eigenvalue weighted by atomic mass is 32.1. The van der Waals surface area contributed by atoms with Gasteiger partial charge in [-0.2, -0.15) is 18.3 Å². The van der Waals surface area contributed by atoms with Crippen LogP contribution in [0.1, 0.15) is 18.7 Å². The third-order valence-electron chi connectivity index (χ3n) is 6.29. The van der Waals surface area contributed by atoms with Crippen LogP contribution in [-0.4, -0.2) is 46.9 Å². The highest BCUT2D eigenvalue weighted by Crippen LogP contribution is 2.38. The standard InChI is InChI=1S/C26H17F5N8O2S/c1-12(20-18(13-3-2-4-14(27)7-13)24(40)38-9-15(28)5-6-17(38)36-20)39-23-19(22(32)34-11-35-23)21(37-39)16-8-33-25(42-16)41-10-26(29,30)31/h2-9,11-12H,10H2,1H3,(H2,32,34,35)/t12-/m1/s1. The summed E-state index contributed by atoms with van der Waals surface area (Å²) in [5.41, 5.74) is 6.46. The number of aromatic nitrogens is 7. The number of hydrogen-bond acceptors (Lipinski definition) is 9. The molecule has 42 heavy (non-hydrogen) atoms. The van der Waals surface area contributed by atoms with Crippen LogP contribution in [0.2, 0.25) is 0 Å². The Bertz CT molecular complexity index is 2040. The van der Waals surface area contributed by atoms with Crippen molar-refractivity contribution in [3.05, 3.63) is 82.8 Å². The number of nitrogen functional groups attached to an aromatic ring is 1. The van der Waals surface area contributed by atoms with Gasteiger partial charge in [-0.15, -0.1) is 0 Å². The Morgan fingerprint density at radius 1 is 1.10 bits per heavy atom. The first-order valence-corrected chi connectivity index (χ1v) is 12.9. The third-order valence-corrected chi connectivity index (χ3v) is 7.20. The Hall–Kier alpha value is -4.99. The van der Waals surface area contributed by atoms with E-state index in [1.165, 1.54) is 41.5 Å². The van der Waals surface area contributed by atoms with E-state index in [9.17, 15) is 26.7 Å². The highest BCUT2D eigenvalue weighted by Gasteiger charge is 2.30. The summed E-state index contributed by atoms with van der Waals surface area (Å²) in [6, 6.07) is 6.96. The summed E-state index contributed by atoms with van der Waals surface area (Å²) < 4.78 is 73.5. The topological polar surface area (TPSA) is 126 Å². The van der Waals surface area contributed by atoms with E-state index in [1.807, 2.05) is 0 Å². The zero-order valence-electron chi connectivity index (χ0n) is 21.3. The van der Waals surface area contributed by atoms with Gasteiger partial charge in [0.05, 0.1) is 33.8 Å². The molecule has 1 aromatic carbocycles. The summed E-state index contributed by atoms with van der Waals surface area (Å²) >= 11 is 0.812. The number of hydrogen-bond donors (Lipinski definition) is 1. The number of pyridine rings is 1. The Labute approximate surface area is 235 Å². The van der Waals surface area contributed by atoms with Crippen molar-refractivity contribution < 1.29 is 26.7 Å². The molecule has 0 amide bonds. The quantitative estimate of drug-likeness (QED) is 0.264. The molecule has 214 valence electrons. The van der Waals surface area contributed by atoms with Crippen LogP contribution in [0, 0.1) is 11.6 Å². The molecule has 10 nitrogen and oxygen atoms in total. The lowest BCUT2D eigenvalue weighted by Crippen LogP contribution is -2.23. The number of halogens is 5.